The summed E-state index contributed by atoms with van der Waals surface area (Å²) in [7, 11) is 0. The van der Waals surface area contributed by atoms with E-state index in [9.17, 15) is 9.59 Å². The second-order valence-corrected chi connectivity index (χ2v) is 5.94. The summed E-state index contributed by atoms with van der Waals surface area (Å²) in [5, 5.41) is 15.6. The van der Waals surface area contributed by atoms with Crippen LogP contribution in [0.2, 0.25) is 0 Å². The number of rotatable bonds is 6. The van der Waals surface area contributed by atoms with Crippen LogP contribution in [0.5, 0.6) is 0 Å². The van der Waals surface area contributed by atoms with Crippen LogP contribution in [0.1, 0.15) is 17.0 Å². The zero-order valence-corrected chi connectivity index (χ0v) is 12.7. The number of nitrogens with one attached hydrogen (secondary N) is 1. The molecule has 8 heteroatoms. The molecule has 1 aliphatic heterocycles. The Morgan fingerprint density at radius 3 is 2.81 bits per heavy atom. The Kier molecular flexibility index (Phi) is 5.24. The highest BCUT2D eigenvalue weighted by Crippen LogP contribution is 2.19. The van der Waals surface area contributed by atoms with Crippen LogP contribution in [0.15, 0.2) is 4.52 Å². The molecule has 0 radical (unpaired) electrons. The van der Waals surface area contributed by atoms with Crippen molar-refractivity contribution in [3.8, 4) is 0 Å². The Morgan fingerprint density at radius 2 is 2.19 bits per heavy atom. The summed E-state index contributed by atoms with van der Waals surface area (Å²) in [5.41, 5.74) is 1.83. The topological polar surface area (TPSA) is 102 Å². The number of nitrogens with zero attached hydrogens (tertiary/aromatic N) is 1. The van der Waals surface area contributed by atoms with Gasteiger partial charge in [-0.3, -0.25) is 9.59 Å². The molecule has 2 rings (SSSR count). The molecular weight excluding hydrogens is 296 g/mol. The van der Waals surface area contributed by atoms with Gasteiger partial charge in [-0.15, -0.1) is 11.8 Å². The van der Waals surface area contributed by atoms with Gasteiger partial charge in [0.25, 0.3) is 0 Å². The first-order chi connectivity index (χ1) is 9.99. The van der Waals surface area contributed by atoms with E-state index in [1.165, 1.54) is 11.8 Å². The molecule has 116 valence electrons. The lowest BCUT2D eigenvalue weighted by atomic mass is 10.0. The Bertz CT molecular complexity index is 511. The van der Waals surface area contributed by atoms with Crippen molar-refractivity contribution in [2.24, 2.45) is 5.92 Å². The summed E-state index contributed by atoms with van der Waals surface area (Å²) in [6.45, 7) is 4.09. The minimum Gasteiger partial charge on any atom is -0.481 e. The smallest absolute Gasteiger partial charge is 0.311 e. The molecule has 2 unspecified atom stereocenters. The number of amides is 1. The van der Waals surface area contributed by atoms with Crippen LogP contribution < -0.4 is 5.32 Å². The Morgan fingerprint density at radius 1 is 1.43 bits per heavy atom. The quantitative estimate of drug-likeness (QED) is 0.798. The second-order valence-electron chi connectivity index (χ2n) is 4.95. The van der Waals surface area contributed by atoms with E-state index < -0.39 is 17.9 Å². The number of carboxylic acid groups (broad SMARTS) is 1. The number of aromatic nitrogens is 1. The number of carbonyl (C=O) groups is 2. The van der Waals surface area contributed by atoms with Gasteiger partial charge in [0, 0.05) is 11.3 Å². The molecule has 0 saturated carbocycles. The van der Waals surface area contributed by atoms with Gasteiger partial charge in [0.15, 0.2) is 0 Å². The molecule has 21 heavy (non-hydrogen) atoms. The first-order valence-electron chi connectivity index (χ1n) is 6.58. The average molecular weight is 314 g/mol. The maximum atomic E-state index is 11.8. The van der Waals surface area contributed by atoms with Crippen molar-refractivity contribution in [1.82, 2.24) is 10.5 Å². The standard InChI is InChI=1S/C13H18N2O5S/c1-7-10(8(2)20-15-7)5-21-6-12(16)14-11-4-19-3-9(11)13(17)18/h9,11H,3-6H2,1-2H3,(H,14,16)(H,17,18). The molecule has 7 nitrogen and oxygen atoms in total. The number of carbonyl (C=O) groups excluding carboxylic acids is 1. The van der Waals surface area contributed by atoms with Crippen molar-refractivity contribution in [3.05, 3.63) is 17.0 Å². The van der Waals surface area contributed by atoms with Crippen molar-refractivity contribution in [1.29, 1.82) is 0 Å². The highest BCUT2D eigenvalue weighted by molar-refractivity contribution is 7.99. The molecule has 1 aromatic heterocycles. The molecule has 0 aliphatic carbocycles. The van der Waals surface area contributed by atoms with E-state index in [4.69, 9.17) is 14.4 Å². The predicted molar refractivity (Wildman–Crippen MR) is 76.0 cm³/mol. The number of aliphatic carboxylic acids is 1. The molecule has 1 aliphatic rings. The van der Waals surface area contributed by atoms with Gasteiger partial charge in [-0.1, -0.05) is 5.16 Å². The van der Waals surface area contributed by atoms with E-state index in [2.05, 4.69) is 10.5 Å². The first kappa shape index (κ1) is 15.8. The summed E-state index contributed by atoms with van der Waals surface area (Å²) in [5.74, 6) is -0.142. The number of hydrogen-bond donors (Lipinski definition) is 2. The molecule has 1 amide bonds. The van der Waals surface area contributed by atoms with E-state index in [1.54, 1.807) is 0 Å². The molecule has 1 fully saturated rings. The number of carboxylic acids is 1. The van der Waals surface area contributed by atoms with Gasteiger partial charge in [-0.25, -0.2) is 0 Å². The SMILES string of the molecule is Cc1noc(C)c1CSCC(=O)NC1COCC1C(=O)O. The van der Waals surface area contributed by atoms with E-state index in [1.807, 2.05) is 13.8 Å². The van der Waals surface area contributed by atoms with Crippen molar-refractivity contribution in [2.75, 3.05) is 19.0 Å². The van der Waals surface area contributed by atoms with Crippen LogP contribution in [0, 0.1) is 19.8 Å². The highest BCUT2D eigenvalue weighted by Gasteiger charge is 2.34. The lowest BCUT2D eigenvalue weighted by Gasteiger charge is -2.15. The predicted octanol–water partition coefficient (Wildman–Crippen LogP) is 0.740. The largest absolute Gasteiger partial charge is 0.481 e. The Hall–Kier alpha value is -1.54. The number of thioether (sulfide) groups is 1. The molecule has 0 bridgehead atoms. The molecule has 2 atom stereocenters. The zero-order chi connectivity index (χ0) is 15.4. The third-order valence-electron chi connectivity index (χ3n) is 3.40. The van der Waals surface area contributed by atoms with E-state index in [-0.39, 0.29) is 24.9 Å². The van der Waals surface area contributed by atoms with Gasteiger partial charge in [0.05, 0.1) is 30.7 Å². The van der Waals surface area contributed by atoms with Gasteiger partial charge >= 0.3 is 5.97 Å². The third kappa shape index (κ3) is 3.98. The molecule has 0 aromatic carbocycles. The van der Waals surface area contributed by atoms with Crippen LogP contribution in [-0.4, -0.2) is 47.1 Å². The van der Waals surface area contributed by atoms with Crippen LogP contribution in [-0.2, 0) is 20.1 Å². The number of ether oxygens (including phenoxy) is 1. The fraction of sp³-hybridized carbons (Fsp3) is 0.615. The summed E-state index contributed by atoms with van der Waals surface area (Å²) in [4.78, 5) is 22.8. The average Bonchev–Trinajstić information content (AvgIpc) is 2.99. The maximum absolute atomic E-state index is 11.8. The van der Waals surface area contributed by atoms with Gasteiger partial charge in [-0.2, -0.15) is 0 Å². The van der Waals surface area contributed by atoms with Crippen LogP contribution in [0.3, 0.4) is 0 Å². The van der Waals surface area contributed by atoms with Crippen molar-refractivity contribution in [3.63, 3.8) is 0 Å². The van der Waals surface area contributed by atoms with Crippen molar-refractivity contribution >= 4 is 23.6 Å². The van der Waals surface area contributed by atoms with Gasteiger partial charge in [-0.05, 0) is 13.8 Å². The zero-order valence-electron chi connectivity index (χ0n) is 11.9. The normalized spacial score (nSPS) is 21.4. The fourth-order valence-electron chi connectivity index (χ4n) is 2.14. The van der Waals surface area contributed by atoms with Crippen LogP contribution in [0.25, 0.3) is 0 Å². The molecule has 2 heterocycles. The van der Waals surface area contributed by atoms with Crippen molar-refractivity contribution in [2.45, 2.75) is 25.6 Å². The van der Waals surface area contributed by atoms with Gasteiger partial charge in [0.2, 0.25) is 5.91 Å². The second kappa shape index (κ2) is 6.95. The van der Waals surface area contributed by atoms with Gasteiger partial charge < -0.3 is 19.7 Å². The summed E-state index contributed by atoms with van der Waals surface area (Å²) >= 11 is 1.44. The molecule has 0 spiro atoms. The summed E-state index contributed by atoms with van der Waals surface area (Å²) in [6.07, 6.45) is 0. The van der Waals surface area contributed by atoms with Crippen LogP contribution in [0.4, 0.5) is 0 Å². The number of aryl methyl sites for hydroxylation is 2. The monoisotopic (exact) mass is 314 g/mol. The Balaban J connectivity index is 1.76. The van der Waals surface area contributed by atoms with E-state index in [0.717, 1.165) is 17.0 Å². The molecular formula is C13H18N2O5S. The van der Waals surface area contributed by atoms with Crippen molar-refractivity contribution < 1.29 is 24.0 Å². The van der Waals surface area contributed by atoms with Crippen LogP contribution >= 0.6 is 11.8 Å². The molecule has 1 aromatic rings. The Labute approximate surface area is 126 Å². The van der Waals surface area contributed by atoms with E-state index in [0.29, 0.717) is 5.75 Å². The third-order valence-corrected chi connectivity index (χ3v) is 4.36. The lowest BCUT2D eigenvalue weighted by molar-refractivity contribution is -0.142. The summed E-state index contributed by atoms with van der Waals surface area (Å²) in [6, 6.07) is -0.449. The molecule has 1 saturated heterocycles. The minimum absolute atomic E-state index is 0.145. The lowest BCUT2D eigenvalue weighted by Crippen LogP contribution is -2.43. The molecule has 2 N–H and O–H groups in total. The highest BCUT2D eigenvalue weighted by atomic mass is 32.2. The summed E-state index contributed by atoms with van der Waals surface area (Å²) < 4.78 is 10.2. The minimum atomic E-state index is -0.943. The first-order valence-corrected chi connectivity index (χ1v) is 7.74. The van der Waals surface area contributed by atoms with Gasteiger partial charge in [0.1, 0.15) is 11.7 Å². The number of hydrogen-bond acceptors (Lipinski definition) is 6. The fourth-order valence-corrected chi connectivity index (χ4v) is 3.13. The van der Waals surface area contributed by atoms with E-state index >= 15 is 0 Å². The maximum Gasteiger partial charge on any atom is 0.311 e.